The highest BCUT2D eigenvalue weighted by Crippen LogP contribution is 2.35. The van der Waals surface area contributed by atoms with E-state index in [9.17, 15) is 0 Å². The molecule has 3 aromatic rings. The Labute approximate surface area is 184 Å². The molecule has 0 spiro atoms. The molecule has 5 rings (SSSR count). The molecule has 0 bridgehead atoms. The van der Waals surface area contributed by atoms with E-state index < -0.39 is 0 Å². The van der Waals surface area contributed by atoms with Gasteiger partial charge in [-0.05, 0) is 54.3 Å². The largest absolute Gasteiger partial charge is 0.493 e. The maximum atomic E-state index is 6.00. The monoisotopic (exact) mass is 421 g/mol. The standard InChI is InChI=1S/C25H27N3O.ClH/c1-2-6-18(7-3-1)24-23(9-5-12-27-24)28-17-22-15-21(20-8-4-11-26-16-20)14-19-10-13-29-25(19)22;/h1-4,6-8,11,14-16,23-24,27-28H,5,9-10,12-13,17H2;1H/t23-,24-;/m0./s1. The Morgan fingerprint density at radius 3 is 2.80 bits per heavy atom. The van der Waals surface area contributed by atoms with Crippen molar-refractivity contribution in [2.24, 2.45) is 0 Å². The van der Waals surface area contributed by atoms with Crippen molar-refractivity contribution >= 4 is 12.4 Å². The van der Waals surface area contributed by atoms with E-state index in [4.69, 9.17) is 4.74 Å². The number of pyridine rings is 1. The van der Waals surface area contributed by atoms with Gasteiger partial charge < -0.3 is 15.4 Å². The fourth-order valence-electron chi connectivity index (χ4n) is 4.58. The van der Waals surface area contributed by atoms with Gasteiger partial charge >= 0.3 is 0 Å². The van der Waals surface area contributed by atoms with Crippen LogP contribution in [0.3, 0.4) is 0 Å². The van der Waals surface area contributed by atoms with E-state index in [1.54, 1.807) is 0 Å². The predicted molar refractivity (Wildman–Crippen MR) is 123 cm³/mol. The molecule has 0 radical (unpaired) electrons. The minimum atomic E-state index is 0. The summed E-state index contributed by atoms with van der Waals surface area (Å²) >= 11 is 0. The Kier molecular flexibility index (Phi) is 6.68. The second-order valence-corrected chi connectivity index (χ2v) is 7.94. The minimum absolute atomic E-state index is 0. The van der Waals surface area contributed by atoms with Crippen molar-refractivity contribution in [1.82, 2.24) is 15.6 Å². The highest BCUT2D eigenvalue weighted by atomic mass is 35.5. The predicted octanol–water partition coefficient (Wildman–Crippen LogP) is 4.69. The smallest absolute Gasteiger partial charge is 0.127 e. The van der Waals surface area contributed by atoms with Crippen molar-refractivity contribution in [3.05, 3.63) is 83.7 Å². The number of hydrogen-bond donors (Lipinski definition) is 2. The first-order valence-electron chi connectivity index (χ1n) is 10.6. The number of ether oxygens (including phenoxy) is 1. The maximum absolute atomic E-state index is 6.00. The van der Waals surface area contributed by atoms with E-state index in [-0.39, 0.29) is 12.4 Å². The molecule has 3 heterocycles. The van der Waals surface area contributed by atoms with Crippen LogP contribution in [-0.2, 0) is 13.0 Å². The first-order chi connectivity index (χ1) is 14.4. The van der Waals surface area contributed by atoms with E-state index in [2.05, 4.69) is 64.1 Å². The average Bonchev–Trinajstić information content (AvgIpc) is 3.28. The zero-order valence-corrected chi connectivity index (χ0v) is 17.8. The van der Waals surface area contributed by atoms with Gasteiger partial charge in [0.2, 0.25) is 0 Å². The zero-order valence-electron chi connectivity index (χ0n) is 17.0. The molecule has 1 fully saturated rings. The number of piperidine rings is 1. The summed E-state index contributed by atoms with van der Waals surface area (Å²) in [5, 5.41) is 7.55. The van der Waals surface area contributed by atoms with E-state index in [0.29, 0.717) is 12.1 Å². The third-order valence-corrected chi connectivity index (χ3v) is 6.03. The second-order valence-electron chi connectivity index (χ2n) is 7.94. The fourth-order valence-corrected chi connectivity index (χ4v) is 4.58. The van der Waals surface area contributed by atoms with Crippen LogP contribution in [0.4, 0.5) is 0 Å². The molecular weight excluding hydrogens is 394 g/mol. The number of halogens is 1. The van der Waals surface area contributed by atoms with Crippen molar-refractivity contribution in [2.45, 2.75) is 37.9 Å². The summed E-state index contributed by atoms with van der Waals surface area (Å²) in [5.41, 5.74) is 6.29. The van der Waals surface area contributed by atoms with Gasteiger partial charge in [-0.3, -0.25) is 4.98 Å². The number of fused-ring (bicyclic) bond motifs is 1. The summed E-state index contributed by atoms with van der Waals surface area (Å²) < 4.78 is 6.00. The highest BCUT2D eigenvalue weighted by Gasteiger charge is 2.26. The summed E-state index contributed by atoms with van der Waals surface area (Å²) in [5.74, 6) is 1.07. The van der Waals surface area contributed by atoms with Crippen LogP contribution in [-0.4, -0.2) is 24.2 Å². The molecule has 2 atom stereocenters. The molecule has 156 valence electrons. The number of aromatic nitrogens is 1. The quantitative estimate of drug-likeness (QED) is 0.627. The van der Waals surface area contributed by atoms with Crippen LogP contribution >= 0.6 is 12.4 Å². The molecule has 4 nitrogen and oxygen atoms in total. The summed E-state index contributed by atoms with van der Waals surface area (Å²) in [4.78, 5) is 4.29. The summed E-state index contributed by atoms with van der Waals surface area (Å²) in [6.45, 7) is 2.66. The third kappa shape index (κ3) is 4.36. The van der Waals surface area contributed by atoms with E-state index in [0.717, 1.165) is 37.4 Å². The summed E-state index contributed by atoms with van der Waals surface area (Å²) in [6.07, 6.45) is 7.12. The molecule has 0 aliphatic carbocycles. The van der Waals surface area contributed by atoms with Crippen LogP contribution < -0.4 is 15.4 Å². The van der Waals surface area contributed by atoms with Gasteiger partial charge in [-0.1, -0.05) is 36.4 Å². The molecular formula is C25H28ClN3O. The average molecular weight is 422 g/mol. The molecule has 30 heavy (non-hydrogen) atoms. The molecule has 1 saturated heterocycles. The number of nitrogens with zero attached hydrogens (tertiary/aromatic N) is 1. The van der Waals surface area contributed by atoms with Crippen LogP contribution in [0.15, 0.2) is 67.0 Å². The van der Waals surface area contributed by atoms with Crippen LogP contribution in [0.25, 0.3) is 11.1 Å². The van der Waals surface area contributed by atoms with Gasteiger partial charge in [-0.25, -0.2) is 0 Å². The molecule has 2 aromatic carbocycles. The first kappa shape index (κ1) is 20.9. The SMILES string of the molecule is Cl.c1ccc([C@@H]2NCCC[C@@H]2NCc2cc(-c3cccnc3)cc3c2OCC3)cc1. The molecule has 1 aromatic heterocycles. The summed E-state index contributed by atoms with van der Waals surface area (Å²) in [6, 6.07) is 20.2. The van der Waals surface area contributed by atoms with E-state index in [1.165, 1.54) is 35.1 Å². The lowest BCUT2D eigenvalue weighted by Gasteiger charge is -2.34. The Bertz CT molecular complexity index is 965. The fraction of sp³-hybridized carbons (Fsp3) is 0.320. The molecule has 0 saturated carbocycles. The van der Waals surface area contributed by atoms with Crippen LogP contribution in [0, 0.1) is 0 Å². The molecule has 2 N–H and O–H groups in total. The van der Waals surface area contributed by atoms with E-state index in [1.807, 2.05) is 18.5 Å². The first-order valence-corrected chi connectivity index (χ1v) is 10.6. The lowest BCUT2D eigenvalue weighted by Crippen LogP contribution is -2.45. The van der Waals surface area contributed by atoms with E-state index >= 15 is 0 Å². The molecule has 2 aliphatic heterocycles. The zero-order chi connectivity index (χ0) is 19.5. The van der Waals surface area contributed by atoms with Crippen molar-refractivity contribution in [3.63, 3.8) is 0 Å². The molecule has 0 amide bonds. The van der Waals surface area contributed by atoms with Crippen molar-refractivity contribution < 1.29 is 4.74 Å². The second kappa shape index (κ2) is 9.61. The maximum Gasteiger partial charge on any atom is 0.127 e. The Morgan fingerprint density at radius 2 is 1.97 bits per heavy atom. The van der Waals surface area contributed by atoms with Crippen LogP contribution in [0.2, 0.25) is 0 Å². The Morgan fingerprint density at radius 1 is 1.07 bits per heavy atom. The summed E-state index contributed by atoms with van der Waals surface area (Å²) in [7, 11) is 0. The van der Waals surface area contributed by atoms with Gasteiger partial charge in [0, 0.05) is 48.6 Å². The molecule has 2 aliphatic rings. The van der Waals surface area contributed by atoms with Gasteiger partial charge in [-0.2, -0.15) is 0 Å². The van der Waals surface area contributed by atoms with Crippen molar-refractivity contribution in [1.29, 1.82) is 0 Å². The van der Waals surface area contributed by atoms with Crippen molar-refractivity contribution in [3.8, 4) is 16.9 Å². The molecule has 0 unspecified atom stereocenters. The van der Waals surface area contributed by atoms with Gasteiger partial charge in [0.1, 0.15) is 5.75 Å². The van der Waals surface area contributed by atoms with Crippen molar-refractivity contribution in [2.75, 3.05) is 13.2 Å². The normalized spacial score (nSPS) is 20.1. The number of benzene rings is 2. The number of rotatable bonds is 5. The van der Waals surface area contributed by atoms with Crippen LogP contribution in [0.1, 0.15) is 35.6 Å². The van der Waals surface area contributed by atoms with Gasteiger partial charge in [0.05, 0.1) is 6.61 Å². The van der Waals surface area contributed by atoms with Crippen LogP contribution in [0.5, 0.6) is 5.75 Å². The lowest BCUT2D eigenvalue weighted by atomic mass is 9.92. The third-order valence-electron chi connectivity index (χ3n) is 6.03. The van der Waals surface area contributed by atoms with Gasteiger partial charge in [0.15, 0.2) is 0 Å². The van der Waals surface area contributed by atoms with Gasteiger partial charge in [0.25, 0.3) is 0 Å². The number of hydrogen-bond acceptors (Lipinski definition) is 4. The lowest BCUT2D eigenvalue weighted by molar-refractivity contribution is 0.301. The number of nitrogens with one attached hydrogen (secondary N) is 2. The minimum Gasteiger partial charge on any atom is -0.493 e. The highest BCUT2D eigenvalue weighted by molar-refractivity contribution is 5.85. The van der Waals surface area contributed by atoms with Gasteiger partial charge in [-0.15, -0.1) is 12.4 Å². The Balaban J connectivity index is 0.00000218. The topological polar surface area (TPSA) is 46.2 Å². The molecule has 5 heteroatoms. The Hall–Kier alpha value is -2.40.